The van der Waals surface area contributed by atoms with Crippen LogP contribution in [0.5, 0.6) is 0 Å². The number of carbonyl (C=O) groups is 1. The highest BCUT2D eigenvalue weighted by molar-refractivity contribution is 7.91. The minimum absolute atomic E-state index is 0.104. The van der Waals surface area contributed by atoms with Crippen LogP contribution in [0.3, 0.4) is 0 Å². The lowest BCUT2D eigenvalue weighted by atomic mass is 10.1. The Morgan fingerprint density at radius 1 is 1.57 bits per heavy atom. The zero-order chi connectivity index (χ0) is 10.8. The largest absolute Gasteiger partial charge is 0.339 e. The summed E-state index contributed by atoms with van der Waals surface area (Å²) >= 11 is 0. The van der Waals surface area contributed by atoms with Gasteiger partial charge in [-0.15, -0.1) is 0 Å². The molecule has 5 heteroatoms. The molecule has 0 N–H and O–H groups in total. The third-order valence-electron chi connectivity index (χ3n) is 2.85. The molecule has 0 aromatic rings. The number of sulfone groups is 1. The normalized spacial score (nSPS) is 27.1. The fraction of sp³-hybridized carbons (Fsp3) is 0.889. The summed E-state index contributed by atoms with van der Waals surface area (Å²) in [6.07, 6.45) is 2.22. The van der Waals surface area contributed by atoms with Gasteiger partial charge in [-0.05, 0) is 19.8 Å². The van der Waals surface area contributed by atoms with E-state index in [1.165, 1.54) is 0 Å². The molecule has 14 heavy (non-hydrogen) atoms. The summed E-state index contributed by atoms with van der Waals surface area (Å²) in [7, 11) is -2.89. The first-order chi connectivity index (χ1) is 6.50. The quantitative estimate of drug-likeness (QED) is 0.644. The maximum atomic E-state index is 11.2. The van der Waals surface area contributed by atoms with Gasteiger partial charge in [0.15, 0.2) is 9.84 Å². The van der Waals surface area contributed by atoms with Gasteiger partial charge in [-0.3, -0.25) is 4.79 Å². The molecule has 2 atom stereocenters. The summed E-state index contributed by atoms with van der Waals surface area (Å²) in [6.45, 7) is 3.93. The van der Waals surface area contributed by atoms with E-state index in [2.05, 4.69) is 0 Å². The molecule has 0 saturated carbocycles. The van der Waals surface area contributed by atoms with E-state index >= 15 is 0 Å². The van der Waals surface area contributed by atoms with E-state index in [4.69, 9.17) is 0 Å². The summed E-state index contributed by atoms with van der Waals surface area (Å²) < 4.78 is 22.5. The number of hydrogen-bond donors (Lipinski definition) is 0. The van der Waals surface area contributed by atoms with Crippen molar-refractivity contribution < 1.29 is 13.2 Å². The highest BCUT2D eigenvalue weighted by atomic mass is 32.2. The van der Waals surface area contributed by atoms with Crippen molar-refractivity contribution in [2.45, 2.75) is 38.8 Å². The minimum Gasteiger partial charge on any atom is -0.339 e. The fourth-order valence-corrected chi connectivity index (χ4v) is 3.49. The Labute approximate surface area is 85.2 Å². The van der Waals surface area contributed by atoms with Gasteiger partial charge in [-0.2, -0.15) is 0 Å². The highest BCUT2D eigenvalue weighted by Gasteiger charge is 2.33. The molecule has 0 spiro atoms. The van der Waals surface area contributed by atoms with Crippen molar-refractivity contribution in [3.05, 3.63) is 0 Å². The first-order valence-corrected chi connectivity index (χ1v) is 6.75. The summed E-state index contributed by atoms with van der Waals surface area (Å²) in [5.74, 6) is 0.356. The molecule has 1 heterocycles. The lowest BCUT2D eigenvalue weighted by molar-refractivity contribution is -0.121. The second-order valence-corrected chi connectivity index (χ2v) is 6.10. The van der Waals surface area contributed by atoms with Crippen LogP contribution < -0.4 is 0 Å². The number of rotatable bonds is 4. The Morgan fingerprint density at radius 2 is 2.21 bits per heavy atom. The summed E-state index contributed by atoms with van der Waals surface area (Å²) in [5.41, 5.74) is 0. The Balaban J connectivity index is 2.68. The Kier molecular flexibility index (Phi) is 3.53. The molecule has 0 aromatic heterocycles. The van der Waals surface area contributed by atoms with Crippen LogP contribution in [-0.2, 0) is 14.6 Å². The third kappa shape index (κ3) is 2.47. The zero-order valence-corrected chi connectivity index (χ0v) is 9.46. The van der Waals surface area contributed by atoms with Gasteiger partial charge in [0.05, 0.1) is 11.5 Å². The summed E-state index contributed by atoms with van der Waals surface area (Å²) in [5, 5.41) is 0. The molecule has 1 saturated heterocycles. The van der Waals surface area contributed by atoms with Gasteiger partial charge in [0.1, 0.15) is 0 Å². The first kappa shape index (κ1) is 11.5. The van der Waals surface area contributed by atoms with Crippen LogP contribution in [0.4, 0.5) is 0 Å². The van der Waals surface area contributed by atoms with Crippen molar-refractivity contribution in [1.82, 2.24) is 4.90 Å². The Bertz CT molecular complexity index is 299. The minimum atomic E-state index is -2.89. The molecule has 1 rings (SSSR count). The second-order valence-electron chi connectivity index (χ2n) is 3.87. The van der Waals surface area contributed by atoms with E-state index in [1.54, 1.807) is 4.90 Å². The number of carbonyl (C=O) groups excluding carboxylic acids is 1. The van der Waals surface area contributed by atoms with E-state index in [1.807, 2.05) is 13.8 Å². The maximum Gasteiger partial charge on any atom is 0.210 e. The molecule has 0 aromatic carbocycles. The molecule has 4 nitrogen and oxygen atoms in total. The topological polar surface area (TPSA) is 54.5 Å². The van der Waals surface area contributed by atoms with E-state index in [-0.39, 0.29) is 23.6 Å². The number of amides is 1. The predicted octanol–water partition coefficient (Wildman–Crippen LogP) is 0.430. The SMILES string of the molecule is CC[C@H](C)N(C=O)[C@H]1CCS(=O)(=O)C1. The molecule has 1 amide bonds. The van der Waals surface area contributed by atoms with Crippen molar-refractivity contribution in [3.8, 4) is 0 Å². The lowest BCUT2D eigenvalue weighted by Gasteiger charge is -2.29. The van der Waals surface area contributed by atoms with E-state index in [0.29, 0.717) is 6.42 Å². The average Bonchev–Trinajstić information content (AvgIpc) is 2.47. The molecule has 0 unspecified atom stereocenters. The molecule has 1 aliphatic rings. The number of nitrogens with zero attached hydrogens (tertiary/aromatic N) is 1. The van der Waals surface area contributed by atoms with Crippen molar-refractivity contribution >= 4 is 16.2 Å². The maximum absolute atomic E-state index is 11.2. The molecule has 0 aliphatic carbocycles. The Hall–Kier alpha value is -0.580. The van der Waals surface area contributed by atoms with Crippen LogP contribution in [0.25, 0.3) is 0 Å². The standard InChI is InChI=1S/C9H17NO3S/c1-3-8(2)10(7-11)9-4-5-14(12,13)6-9/h7-9H,3-6H2,1-2H3/t8-,9-/m0/s1. The molecule has 0 radical (unpaired) electrons. The third-order valence-corrected chi connectivity index (χ3v) is 4.60. The molecule has 82 valence electrons. The van der Waals surface area contributed by atoms with E-state index in [9.17, 15) is 13.2 Å². The molecular formula is C9H17NO3S. The summed E-state index contributed by atoms with van der Waals surface area (Å²) in [6, 6.07) is 0.0262. The van der Waals surface area contributed by atoms with Crippen molar-refractivity contribution in [2.24, 2.45) is 0 Å². The number of hydrogen-bond acceptors (Lipinski definition) is 3. The highest BCUT2D eigenvalue weighted by Crippen LogP contribution is 2.19. The molecule has 1 aliphatic heterocycles. The van der Waals surface area contributed by atoms with Crippen LogP contribution in [0, 0.1) is 0 Å². The van der Waals surface area contributed by atoms with Gasteiger partial charge >= 0.3 is 0 Å². The van der Waals surface area contributed by atoms with Crippen LogP contribution in [0.1, 0.15) is 26.7 Å². The van der Waals surface area contributed by atoms with Crippen LogP contribution in [0.15, 0.2) is 0 Å². The average molecular weight is 219 g/mol. The van der Waals surface area contributed by atoms with Gasteiger partial charge in [0.2, 0.25) is 6.41 Å². The predicted molar refractivity (Wildman–Crippen MR) is 54.7 cm³/mol. The van der Waals surface area contributed by atoms with Crippen molar-refractivity contribution in [3.63, 3.8) is 0 Å². The van der Waals surface area contributed by atoms with Crippen molar-refractivity contribution in [2.75, 3.05) is 11.5 Å². The van der Waals surface area contributed by atoms with Gasteiger partial charge in [-0.1, -0.05) is 6.92 Å². The Morgan fingerprint density at radius 3 is 2.57 bits per heavy atom. The van der Waals surface area contributed by atoms with Gasteiger partial charge in [-0.25, -0.2) is 8.42 Å². The molecular weight excluding hydrogens is 202 g/mol. The lowest BCUT2D eigenvalue weighted by Crippen LogP contribution is -2.41. The first-order valence-electron chi connectivity index (χ1n) is 4.93. The second kappa shape index (κ2) is 4.29. The van der Waals surface area contributed by atoms with E-state index in [0.717, 1.165) is 12.8 Å². The summed E-state index contributed by atoms with van der Waals surface area (Å²) in [4.78, 5) is 12.5. The van der Waals surface area contributed by atoms with Gasteiger partial charge < -0.3 is 4.90 Å². The monoisotopic (exact) mass is 219 g/mol. The van der Waals surface area contributed by atoms with Crippen LogP contribution in [0.2, 0.25) is 0 Å². The van der Waals surface area contributed by atoms with E-state index < -0.39 is 9.84 Å². The fourth-order valence-electron chi connectivity index (χ4n) is 1.77. The van der Waals surface area contributed by atoms with Gasteiger partial charge in [0.25, 0.3) is 0 Å². The van der Waals surface area contributed by atoms with Crippen molar-refractivity contribution in [1.29, 1.82) is 0 Å². The molecule has 0 bridgehead atoms. The van der Waals surface area contributed by atoms with Gasteiger partial charge in [0, 0.05) is 12.1 Å². The van der Waals surface area contributed by atoms with Crippen LogP contribution >= 0.6 is 0 Å². The molecule has 1 fully saturated rings. The van der Waals surface area contributed by atoms with Crippen LogP contribution in [-0.4, -0.2) is 43.3 Å². The zero-order valence-electron chi connectivity index (χ0n) is 8.64. The smallest absolute Gasteiger partial charge is 0.210 e.